The number of amides is 1. The third kappa shape index (κ3) is 4.70. The van der Waals surface area contributed by atoms with Crippen LogP contribution < -0.4 is 0 Å². The number of rotatable bonds is 3. The highest BCUT2D eigenvalue weighted by Crippen LogP contribution is 2.25. The summed E-state index contributed by atoms with van der Waals surface area (Å²) in [4.78, 5) is 27.7. The number of halogens is 3. The number of hydrogen-bond donors (Lipinski definition) is 0. The lowest BCUT2D eigenvalue weighted by atomic mass is 9.99. The molecule has 0 aromatic carbocycles. The van der Waals surface area contributed by atoms with Gasteiger partial charge in [-0.25, -0.2) is 14.3 Å². The molecule has 0 spiro atoms. The highest BCUT2D eigenvalue weighted by molar-refractivity contribution is 5.82. The Kier molecular flexibility index (Phi) is 5.16. The van der Waals surface area contributed by atoms with E-state index in [-0.39, 0.29) is 26.1 Å². The molecule has 0 saturated carbocycles. The fraction of sp³-hybridized carbons (Fsp3) is 0.643. The van der Waals surface area contributed by atoms with Crippen LogP contribution >= 0.6 is 0 Å². The van der Waals surface area contributed by atoms with Crippen molar-refractivity contribution in [3.05, 3.63) is 18.7 Å². The lowest BCUT2D eigenvalue weighted by Crippen LogP contribution is -2.51. The van der Waals surface area contributed by atoms with E-state index in [0.29, 0.717) is 4.90 Å². The molecule has 0 aliphatic carbocycles. The highest BCUT2D eigenvalue weighted by Gasteiger charge is 2.44. The summed E-state index contributed by atoms with van der Waals surface area (Å²) in [6.07, 6.45) is -1.97. The number of hydrogen-bond acceptors (Lipinski definition) is 5. The molecule has 0 bridgehead atoms. The Bertz CT molecular complexity index is 587. The van der Waals surface area contributed by atoms with Gasteiger partial charge in [-0.1, -0.05) is 0 Å². The van der Waals surface area contributed by atoms with Crippen molar-refractivity contribution in [2.45, 2.75) is 38.1 Å². The second-order valence-corrected chi connectivity index (χ2v) is 6.04. The minimum atomic E-state index is -4.91. The molecule has 1 atom stereocenters. The van der Waals surface area contributed by atoms with Crippen LogP contribution in [0.3, 0.4) is 0 Å². The van der Waals surface area contributed by atoms with Gasteiger partial charge in [0.25, 0.3) is 0 Å². The number of imidazole rings is 1. The molecule has 1 aromatic heterocycles. The molecule has 10 heteroatoms. The molecule has 1 unspecified atom stereocenters. The molecule has 7 nitrogen and oxygen atoms in total. The standard InChI is InChI=1S/C14H18F3N3O4/c1-13(2,24-12(22)20-4-3-18-9-20)7-10-8-19(5-6-23-10)11(21)14(15,16)17/h3-4,9-10H,5-8H2,1-2H3. The van der Waals surface area contributed by atoms with Gasteiger partial charge in [0.1, 0.15) is 11.9 Å². The van der Waals surface area contributed by atoms with Crippen molar-refractivity contribution < 1.29 is 32.2 Å². The number of ether oxygens (including phenoxy) is 2. The van der Waals surface area contributed by atoms with Gasteiger partial charge in [-0.3, -0.25) is 4.79 Å². The van der Waals surface area contributed by atoms with Crippen LogP contribution in [0.15, 0.2) is 18.7 Å². The van der Waals surface area contributed by atoms with E-state index in [1.54, 1.807) is 13.8 Å². The molecule has 2 rings (SSSR count). The third-order valence-corrected chi connectivity index (χ3v) is 3.47. The van der Waals surface area contributed by atoms with E-state index in [9.17, 15) is 22.8 Å². The fourth-order valence-corrected chi connectivity index (χ4v) is 2.45. The monoisotopic (exact) mass is 349 g/mol. The van der Waals surface area contributed by atoms with E-state index in [1.165, 1.54) is 18.7 Å². The second-order valence-electron chi connectivity index (χ2n) is 6.04. The smallest absolute Gasteiger partial charge is 0.443 e. The number of carbonyl (C=O) groups excluding carboxylic acids is 2. The largest absolute Gasteiger partial charge is 0.471 e. The molecule has 1 aliphatic rings. The number of carbonyl (C=O) groups is 2. The topological polar surface area (TPSA) is 73.7 Å². The van der Waals surface area contributed by atoms with Gasteiger partial charge in [-0.15, -0.1) is 0 Å². The zero-order chi connectivity index (χ0) is 18.0. The zero-order valence-corrected chi connectivity index (χ0v) is 13.2. The second kappa shape index (κ2) is 6.80. The number of aromatic nitrogens is 2. The predicted octanol–water partition coefficient (Wildman–Crippen LogP) is 1.83. The molecule has 1 saturated heterocycles. The van der Waals surface area contributed by atoms with E-state index in [1.807, 2.05) is 0 Å². The minimum Gasteiger partial charge on any atom is -0.443 e. The van der Waals surface area contributed by atoms with Crippen molar-refractivity contribution >= 4 is 12.0 Å². The van der Waals surface area contributed by atoms with E-state index in [4.69, 9.17) is 9.47 Å². The van der Waals surface area contributed by atoms with Crippen LogP contribution in [0.1, 0.15) is 20.3 Å². The van der Waals surface area contributed by atoms with Crippen molar-refractivity contribution in [2.75, 3.05) is 19.7 Å². The van der Waals surface area contributed by atoms with Crippen LogP contribution in [0.4, 0.5) is 18.0 Å². The van der Waals surface area contributed by atoms with Gasteiger partial charge >= 0.3 is 18.2 Å². The molecule has 24 heavy (non-hydrogen) atoms. The molecule has 1 aromatic rings. The Morgan fingerprint density at radius 3 is 2.67 bits per heavy atom. The van der Waals surface area contributed by atoms with Crippen LogP contribution in [0.25, 0.3) is 0 Å². The molecular weight excluding hydrogens is 331 g/mol. The first-order chi connectivity index (χ1) is 11.1. The molecule has 0 radical (unpaired) electrons. The summed E-state index contributed by atoms with van der Waals surface area (Å²) in [6.45, 7) is 2.91. The van der Waals surface area contributed by atoms with Crippen LogP contribution in [0.2, 0.25) is 0 Å². The SMILES string of the molecule is CC(C)(CC1CN(C(=O)C(F)(F)F)CCO1)OC(=O)n1ccnc1. The maximum atomic E-state index is 12.5. The maximum absolute atomic E-state index is 12.5. The van der Waals surface area contributed by atoms with Gasteiger partial charge in [0.15, 0.2) is 0 Å². The van der Waals surface area contributed by atoms with Crippen molar-refractivity contribution in [2.24, 2.45) is 0 Å². The van der Waals surface area contributed by atoms with Crippen molar-refractivity contribution in [1.29, 1.82) is 0 Å². The van der Waals surface area contributed by atoms with Crippen LogP contribution in [0.5, 0.6) is 0 Å². The molecule has 2 heterocycles. The molecule has 134 valence electrons. The molecule has 0 N–H and O–H groups in total. The number of nitrogens with zero attached hydrogens (tertiary/aromatic N) is 3. The predicted molar refractivity (Wildman–Crippen MR) is 75.2 cm³/mol. The average Bonchev–Trinajstić information content (AvgIpc) is 2.99. The molecule has 1 amide bonds. The van der Waals surface area contributed by atoms with Crippen molar-refractivity contribution in [3.8, 4) is 0 Å². The quantitative estimate of drug-likeness (QED) is 0.832. The van der Waals surface area contributed by atoms with Gasteiger partial charge in [0.05, 0.1) is 12.7 Å². The van der Waals surface area contributed by atoms with E-state index < -0.39 is 29.9 Å². The molecule has 1 fully saturated rings. The lowest BCUT2D eigenvalue weighted by Gasteiger charge is -2.36. The van der Waals surface area contributed by atoms with Crippen LogP contribution in [-0.2, 0) is 14.3 Å². The summed E-state index contributed by atoms with van der Waals surface area (Å²) in [5.74, 6) is -1.89. The zero-order valence-electron chi connectivity index (χ0n) is 13.2. The Hall–Kier alpha value is -2.10. The maximum Gasteiger partial charge on any atom is 0.471 e. The van der Waals surface area contributed by atoms with E-state index in [0.717, 1.165) is 4.57 Å². The van der Waals surface area contributed by atoms with E-state index >= 15 is 0 Å². The Morgan fingerprint density at radius 2 is 2.08 bits per heavy atom. The first kappa shape index (κ1) is 18.2. The summed E-state index contributed by atoms with van der Waals surface area (Å²) < 4.78 is 49.4. The normalized spacial score (nSPS) is 19.2. The summed E-state index contributed by atoms with van der Waals surface area (Å²) in [5.41, 5.74) is -0.990. The van der Waals surface area contributed by atoms with Gasteiger partial charge in [-0.2, -0.15) is 13.2 Å². The minimum absolute atomic E-state index is 0.00195. The summed E-state index contributed by atoms with van der Waals surface area (Å²) in [5, 5.41) is 0. The first-order valence-electron chi connectivity index (χ1n) is 7.27. The van der Waals surface area contributed by atoms with E-state index in [2.05, 4.69) is 4.98 Å². The fourth-order valence-electron chi connectivity index (χ4n) is 2.45. The van der Waals surface area contributed by atoms with Gasteiger partial charge in [-0.05, 0) is 13.8 Å². The summed E-state index contributed by atoms with van der Waals surface area (Å²) in [6, 6.07) is 0. The summed E-state index contributed by atoms with van der Waals surface area (Å²) in [7, 11) is 0. The highest BCUT2D eigenvalue weighted by atomic mass is 19.4. The van der Waals surface area contributed by atoms with Crippen LogP contribution in [-0.4, -0.2) is 64.0 Å². The molecule has 1 aliphatic heterocycles. The van der Waals surface area contributed by atoms with Gasteiger partial charge in [0.2, 0.25) is 0 Å². The van der Waals surface area contributed by atoms with Crippen LogP contribution in [0, 0.1) is 0 Å². The van der Waals surface area contributed by atoms with Crippen molar-refractivity contribution in [3.63, 3.8) is 0 Å². The molecular formula is C14H18F3N3O4. The first-order valence-corrected chi connectivity index (χ1v) is 7.27. The Labute approximate surface area is 136 Å². The number of morpholine rings is 1. The lowest BCUT2D eigenvalue weighted by molar-refractivity contribution is -0.192. The third-order valence-electron chi connectivity index (χ3n) is 3.47. The Morgan fingerprint density at radius 1 is 1.38 bits per heavy atom. The van der Waals surface area contributed by atoms with Gasteiger partial charge < -0.3 is 14.4 Å². The van der Waals surface area contributed by atoms with Gasteiger partial charge in [0, 0.05) is 31.9 Å². The average molecular weight is 349 g/mol. The summed E-state index contributed by atoms with van der Waals surface area (Å²) >= 11 is 0. The Balaban J connectivity index is 1.94. The number of alkyl halides is 3. The van der Waals surface area contributed by atoms with Crippen molar-refractivity contribution in [1.82, 2.24) is 14.5 Å².